The Morgan fingerprint density at radius 2 is 2.14 bits per heavy atom. The van der Waals surface area contributed by atoms with Crippen molar-refractivity contribution in [3.8, 4) is 0 Å². The highest BCUT2D eigenvalue weighted by atomic mass is 35.5. The number of aliphatic carboxylic acids is 1. The van der Waals surface area contributed by atoms with Crippen LogP contribution in [0.25, 0.3) is 0 Å². The summed E-state index contributed by atoms with van der Waals surface area (Å²) in [6.45, 7) is 0. The standard InChI is InChI=1S/C16H16ClNO2S/c17-14-9-11-12(7-4-8-13(11)21-14)18-15(16(19)20)10-5-2-1-3-6-10/h1-3,5-6,9,12,15,18H,4,7-8H2,(H,19,20). The summed E-state index contributed by atoms with van der Waals surface area (Å²) >= 11 is 7.71. The maximum atomic E-state index is 11.6. The largest absolute Gasteiger partial charge is 0.480 e. The molecule has 0 saturated carbocycles. The van der Waals surface area contributed by atoms with Crippen LogP contribution in [-0.4, -0.2) is 11.1 Å². The molecule has 1 heterocycles. The average molecular weight is 322 g/mol. The van der Waals surface area contributed by atoms with Crippen molar-refractivity contribution in [3.63, 3.8) is 0 Å². The number of hydrogen-bond donors (Lipinski definition) is 2. The molecule has 2 unspecified atom stereocenters. The van der Waals surface area contributed by atoms with E-state index < -0.39 is 12.0 Å². The molecule has 3 rings (SSSR count). The zero-order valence-electron chi connectivity index (χ0n) is 11.4. The molecule has 0 amide bonds. The summed E-state index contributed by atoms with van der Waals surface area (Å²) in [6, 6.07) is 10.6. The van der Waals surface area contributed by atoms with Crippen LogP contribution < -0.4 is 5.32 Å². The van der Waals surface area contributed by atoms with E-state index in [9.17, 15) is 9.90 Å². The molecule has 1 aromatic carbocycles. The highest BCUT2D eigenvalue weighted by Crippen LogP contribution is 2.38. The Labute approximate surface area is 132 Å². The van der Waals surface area contributed by atoms with E-state index in [4.69, 9.17) is 11.6 Å². The normalized spacial score (nSPS) is 19.0. The van der Waals surface area contributed by atoms with Crippen LogP contribution in [0.1, 0.15) is 40.9 Å². The number of carboxylic acid groups (broad SMARTS) is 1. The molecule has 2 N–H and O–H groups in total. The van der Waals surface area contributed by atoms with E-state index in [1.807, 2.05) is 36.4 Å². The summed E-state index contributed by atoms with van der Waals surface area (Å²) in [5.41, 5.74) is 1.94. The summed E-state index contributed by atoms with van der Waals surface area (Å²) in [5.74, 6) is -0.852. The maximum absolute atomic E-state index is 11.6. The monoisotopic (exact) mass is 321 g/mol. The smallest absolute Gasteiger partial charge is 0.325 e. The lowest BCUT2D eigenvalue weighted by Gasteiger charge is -2.27. The van der Waals surface area contributed by atoms with Gasteiger partial charge in [-0.25, -0.2) is 0 Å². The van der Waals surface area contributed by atoms with Gasteiger partial charge in [-0.15, -0.1) is 11.3 Å². The minimum absolute atomic E-state index is 0.0545. The van der Waals surface area contributed by atoms with Gasteiger partial charge in [-0.1, -0.05) is 41.9 Å². The van der Waals surface area contributed by atoms with Crippen LogP contribution in [0.4, 0.5) is 0 Å². The fourth-order valence-corrected chi connectivity index (χ4v) is 4.23. The second-order valence-electron chi connectivity index (χ2n) is 5.22. The van der Waals surface area contributed by atoms with Gasteiger partial charge in [-0.2, -0.15) is 0 Å². The van der Waals surface area contributed by atoms with Crippen LogP contribution in [-0.2, 0) is 11.2 Å². The molecule has 2 aromatic rings. The van der Waals surface area contributed by atoms with Crippen LogP contribution >= 0.6 is 22.9 Å². The third kappa shape index (κ3) is 3.12. The van der Waals surface area contributed by atoms with Crippen molar-refractivity contribution < 1.29 is 9.90 Å². The van der Waals surface area contributed by atoms with Gasteiger partial charge < -0.3 is 5.11 Å². The maximum Gasteiger partial charge on any atom is 0.325 e. The van der Waals surface area contributed by atoms with Crippen molar-refractivity contribution in [2.24, 2.45) is 0 Å². The summed E-state index contributed by atoms with van der Waals surface area (Å²) in [6.07, 6.45) is 3.04. The first-order valence-electron chi connectivity index (χ1n) is 6.97. The number of rotatable bonds is 4. The number of halogens is 1. The van der Waals surface area contributed by atoms with Crippen LogP contribution in [0, 0.1) is 0 Å². The Kier molecular flexibility index (Phi) is 4.29. The lowest BCUT2D eigenvalue weighted by atomic mass is 9.92. The van der Waals surface area contributed by atoms with E-state index in [0.29, 0.717) is 0 Å². The third-order valence-electron chi connectivity index (χ3n) is 3.83. The van der Waals surface area contributed by atoms with Crippen molar-refractivity contribution in [2.45, 2.75) is 31.3 Å². The third-order valence-corrected chi connectivity index (χ3v) is 5.17. The summed E-state index contributed by atoms with van der Waals surface area (Å²) < 4.78 is 0.778. The summed E-state index contributed by atoms with van der Waals surface area (Å²) in [4.78, 5) is 12.9. The van der Waals surface area contributed by atoms with Gasteiger partial charge in [0.15, 0.2) is 0 Å². The van der Waals surface area contributed by atoms with Gasteiger partial charge in [0.1, 0.15) is 6.04 Å². The van der Waals surface area contributed by atoms with E-state index in [-0.39, 0.29) is 6.04 Å². The first-order valence-corrected chi connectivity index (χ1v) is 8.16. The van der Waals surface area contributed by atoms with Crippen LogP contribution in [0.5, 0.6) is 0 Å². The van der Waals surface area contributed by atoms with Crippen LogP contribution in [0.15, 0.2) is 36.4 Å². The zero-order valence-corrected chi connectivity index (χ0v) is 13.0. The molecule has 0 aliphatic heterocycles. The average Bonchev–Trinajstić information content (AvgIpc) is 2.86. The second kappa shape index (κ2) is 6.18. The van der Waals surface area contributed by atoms with Crippen molar-refractivity contribution in [3.05, 3.63) is 56.7 Å². The number of carboxylic acids is 1. The number of hydrogen-bond acceptors (Lipinski definition) is 3. The Morgan fingerprint density at radius 1 is 1.38 bits per heavy atom. The number of benzene rings is 1. The molecule has 1 aliphatic carbocycles. The molecule has 3 nitrogen and oxygen atoms in total. The van der Waals surface area contributed by atoms with Gasteiger partial charge >= 0.3 is 5.97 Å². The molecular formula is C16H16ClNO2S. The minimum atomic E-state index is -0.852. The number of nitrogens with one attached hydrogen (secondary N) is 1. The van der Waals surface area contributed by atoms with Crippen molar-refractivity contribution in [1.29, 1.82) is 0 Å². The molecule has 110 valence electrons. The van der Waals surface area contributed by atoms with Gasteiger partial charge in [-0.05, 0) is 36.5 Å². The van der Waals surface area contributed by atoms with Crippen molar-refractivity contribution >= 4 is 28.9 Å². The molecule has 0 bridgehead atoms. The van der Waals surface area contributed by atoms with Gasteiger partial charge in [0.25, 0.3) is 0 Å². The molecule has 5 heteroatoms. The highest BCUT2D eigenvalue weighted by molar-refractivity contribution is 7.16. The van der Waals surface area contributed by atoms with E-state index >= 15 is 0 Å². The van der Waals surface area contributed by atoms with E-state index in [1.165, 1.54) is 10.4 Å². The Morgan fingerprint density at radius 3 is 2.86 bits per heavy atom. The van der Waals surface area contributed by atoms with Crippen molar-refractivity contribution in [2.75, 3.05) is 0 Å². The SMILES string of the molecule is O=C(O)C(NC1CCCc2sc(Cl)cc21)c1ccccc1. The lowest BCUT2D eigenvalue weighted by molar-refractivity contribution is -0.140. The fraction of sp³-hybridized carbons (Fsp3) is 0.312. The van der Waals surface area contributed by atoms with E-state index in [2.05, 4.69) is 5.32 Å². The van der Waals surface area contributed by atoms with E-state index in [1.54, 1.807) is 11.3 Å². The molecular weight excluding hydrogens is 306 g/mol. The molecule has 0 radical (unpaired) electrons. The zero-order chi connectivity index (χ0) is 14.8. The molecule has 2 atom stereocenters. The fourth-order valence-electron chi connectivity index (χ4n) is 2.85. The van der Waals surface area contributed by atoms with Crippen molar-refractivity contribution in [1.82, 2.24) is 5.32 Å². The van der Waals surface area contributed by atoms with E-state index in [0.717, 1.165) is 29.2 Å². The topological polar surface area (TPSA) is 49.3 Å². The molecule has 1 aliphatic rings. The van der Waals surface area contributed by atoms with Gasteiger partial charge in [0.05, 0.1) is 4.34 Å². The molecule has 0 fully saturated rings. The second-order valence-corrected chi connectivity index (χ2v) is 6.99. The van der Waals surface area contributed by atoms with Crippen LogP contribution in [0.3, 0.4) is 0 Å². The number of aryl methyl sites for hydroxylation is 1. The number of carbonyl (C=O) groups is 1. The Balaban J connectivity index is 1.86. The summed E-state index contributed by atoms with van der Waals surface area (Å²) in [7, 11) is 0. The quantitative estimate of drug-likeness (QED) is 0.887. The highest BCUT2D eigenvalue weighted by Gasteiger charge is 2.28. The molecule has 0 spiro atoms. The first-order chi connectivity index (χ1) is 10.1. The molecule has 0 saturated heterocycles. The Hall–Kier alpha value is -1.36. The first kappa shape index (κ1) is 14.6. The van der Waals surface area contributed by atoms with Gasteiger partial charge in [0, 0.05) is 10.9 Å². The number of fused-ring (bicyclic) bond motifs is 1. The van der Waals surface area contributed by atoms with Gasteiger partial charge in [0.2, 0.25) is 0 Å². The lowest BCUT2D eigenvalue weighted by Crippen LogP contribution is -2.33. The van der Waals surface area contributed by atoms with Gasteiger partial charge in [-0.3, -0.25) is 10.1 Å². The minimum Gasteiger partial charge on any atom is -0.480 e. The molecule has 21 heavy (non-hydrogen) atoms. The predicted octanol–water partition coefficient (Wildman–Crippen LogP) is 4.19. The number of thiophene rings is 1. The predicted molar refractivity (Wildman–Crippen MR) is 85.0 cm³/mol. The molecule has 1 aromatic heterocycles. The Bertz CT molecular complexity index is 641. The summed E-state index contributed by atoms with van der Waals surface area (Å²) in [5, 5.41) is 12.8. The van der Waals surface area contributed by atoms with Crippen LogP contribution in [0.2, 0.25) is 4.34 Å².